The second-order valence-corrected chi connectivity index (χ2v) is 3.89. The average Bonchev–Trinajstić information content (AvgIpc) is 3.08. The maximum Gasteiger partial charge on any atom is 0.259 e. The molecule has 1 heterocycles. The van der Waals surface area contributed by atoms with Gasteiger partial charge in [0.05, 0.1) is 6.61 Å². The van der Waals surface area contributed by atoms with E-state index < -0.39 is 11.5 Å². The molecule has 1 aliphatic rings. The number of carbonyl (C=O) groups excluding carboxylic acids is 2. The highest BCUT2D eigenvalue weighted by Gasteiger charge is 2.56. The van der Waals surface area contributed by atoms with Crippen LogP contribution < -0.4 is 5.73 Å². The first-order valence-corrected chi connectivity index (χ1v) is 5.16. The van der Waals surface area contributed by atoms with Crippen LogP contribution in [0.3, 0.4) is 0 Å². The molecule has 1 saturated heterocycles. The molecule has 0 radical (unpaired) electrons. The zero-order valence-corrected chi connectivity index (χ0v) is 8.81. The molecule has 1 aromatic rings. The van der Waals surface area contributed by atoms with Crippen molar-refractivity contribution in [3.05, 3.63) is 35.9 Å². The number of epoxide rings is 1. The first-order chi connectivity index (χ1) is 7.65. The van der Waals surface area contributed by atoms with Gasteiger partial charge >= 0.3 is 0 Å². The minimum atomic E-state index is -1.31. The Hall–Kier alpha value is -1.68. The first kappa shape index (κ1) is 10.8. The Morgan fingerprint density at radius 3 is 2.44 bits per heavy atom. The number of primary amides is 1. The number of hydrogen-bond donors (Lipinski definition) is 1. The van der Waals surface area contributed by atoms with Gasteiger partial charge in [-0.2, -0.15) is 0 Å². The number of carbonyl (C=O) groups is 2. The fourth-order valence-corrected chi connectivity index (χ4v) is 1.62. The Labute approximate surface area is 93.4 Å². The Kier molecular flexibility index (Phi) is 2.75. The fraction of sp³-hybridized carbons (Fsp3) is 0.333. The summed E-state index contributed by atoms with van der Waals surface area (Å²) in [7, 11) is 0. The second kappa shape index (κ2) is 4.06. The van der Waals surface area contributed by atoms with E-state index in [1.165, 1.54) is 0 Å². The molecule has 0 aromatic heterocycles. The standard InChI is InChI=1S/C12H13NO3/c13-11(15)12(8-16-12)10(14)7-6-9-4-2-1-3-5-9/h1-5H,6-8H2,(H2,13,15)/t12-/m1/s1. The van der Waals surface area contributed by atoms with Crippen molar-refractivity contribution in [1.29, 1.82) is 0 Å². The van der Waals surface area contributed by atoms with E-state index in [-0.39, 0.29) is 18.8 Å². The summed E-state index contributed by atoms with van der Waals surface area (Å²) in [4.78, 5) is 22.7. The number of hydrogen-bond acceptors (Lipinski definition) is 3. The van der Waals surface area contributed by atoms with Gasteiger partial charge < -0.3 is 10.5 Å². The topological polar surface area (TPSA) is 72.7 Å². The van der Waals surface area contributed by atoms with Gasteiger partial charge in [-0.05, 0) is 12.0 Å². The predicted molar refractivity (Wildman–Crippen MR) is 57.6 cm³/mol. The molecule has 4 heteroatoms. The van der Waals surface area contributed by atoms with Gasteiger partial charge in [0.1, 0.15) is 0 Å². The van der Waals surface area contributed by atoms with Gasteiger partial charge in [0.2, 0.25) is 5.60 Å². The predicted octanol–water partition coefficient (Wildman–Crippen LogP) is 0.443. The summed E-state index contributed by atoms with van der Waals surface area (Å²) in [6.07, 6.45) is 0.894. The lowest BCUT2D eigenvalue weighted by molar-refractivity contribution is -0.133. The lowest BCUT2D eigenvalue weighted by Gasteiger charge is -2.06. The minimum Gasteiger partial charge on any atom is -0.367 e. The maximum atomic E-state index is 11.7. The highest BCUT2D eigenvalue weighted by Crippen LogP contribution is 2.29. The van der Waals surface area contributed by atoms with Gasteiger partial charge in [-0.1, -0.05) is 30.3 Å². The van der Waals surface area contributed by atoms with Crippen LogP contribution in [0.2, 0.25) is 0 Å². The van der Waals surface area contributed by atoms with Crippen molar-refractivity contribution in [2.45, 2.75) is 18.4 Å². The molecule has 84 valence electrons. The summed E-state index contributed by atoms with van der Waals surface area (Å²) in [5.41, 5.74) is 4.87. The van der Waals surface area contributed by atoms with E-state index >= 15 is 0 Å². The van der Waals surface area contributed by atoms with E-state index in [9.17, 15) is 9.59 Å². The summed E-state index contributed by atoms with van der Waals surface area (Å²) < 4.78 is 4.88. The Morgan fingerprint density at radius 2 is 1.94 bits per heavy atom. The molecule has 4 nitrogen and oxygen atoms in total. The van der Waals surface area contributed by atoms with Crippen molar-refractivity contribution >= 4 is 11.7 Å². The maximum absolute atomic E-state index is 11.7. The van der Waals surface area contributed by atoms with Crippen molar-refractivity contribution in [3.63, 3.8) is 0 Å². The quantitative estimate of drug-likeness (QED) is 0.577. The van der Waals surface area contributed by atoms with Crippen molar-refractivity contribution in [2.75, 3.05) is 6.61 Å². The fourth-order valence-electron chi connectivity index (χ4n) is 1.62. The number of Topliss-reactive ketones (excluding diaryl/α,β-unsaturated/α-hetero) is 1. The number of ether oxygens (including phenoxy) is 1. The molecule has 2 rings (SSSR count). The highest BCUT2D eigenvalue weighted by atomic mass is 16.6. The van der Waals surface area contributed by atoms with Crippen LogP contribution in [0.15, 0.2) is 30.3 Å². The summed E-state index contributed by atoms with van der Waals surface area (Å²) in [6, 6.07) is 9.63. The molecule has 0 aliphatic carbocycles. The zero-order chi connectivity index (χ0) is 11.6. The van der Waals surface area contributed by atoms with Gasteiger partial charge in [-0.15, -0.1) is 0 Å². The van der Waals surface area contributed by atoms with Crippen LogP contribution in [0.5, 0.6) is 0 Å². The molecule has 0 saturated carbocycles. The molecule has 1 amide bonds. The Balaban J connectivity index is 1.92. The lowest BCUT2D eigenvalue weighted by atomic mass is 9.98. The van der Waals surface area contributed by atoms with Crippen LogP contribution >= 0.6 is 0 Å². The molecule has 1 atom stereocenters. The largest absolute Gasteiger partial charge is 0.367 e. The van der Waals surface area contributed by atoms with Crippen LogP contribution in [-0.2, 0) is 20.7 Å². The first-order valence-electron chi connectivity index (χ1n) is 5.16. The molecular weight excluding hydrogens is 206 g/mol. The number of nitrogens with two attached hydrogens (primary N) is 1. The average molecular weight is 219 g/mol. The minimum absolute atomic E-state index is 0.135. The van der Waals surface area contributed by atoms with Crippen LogP contribution in [0.4, 0.5) is 0 Å². The third-order valence-electron chi connectivity index (χ3n) is 2.77. The van der Waals surface area contributed by atoms with Crippen LogP contribution in [0.1, 0.15) is 12.0 Å². The second-order valence-electron chi connectivity index (χ2n) is 3.89. The van der Waals surface area contributed by atoms with E-state index in [2.05, 4.69) is 0 Å². The van der Waals surface area contributed by atoms with Gasteiger partial charge in [-0.25, -0.2) is 0 Å². The van der Waals surface area contributed by atoms with Crippen LogP contribution in [0.25, 0.3) is 0 Å². The summed E-state index contributed by atoms with van der Waals surface area (Å²) in [5.74, 6) is -0.894. The molecule has 1 aliphatic heterocycles. The Morgan fingerprint density at radius 1 is 1.31 bits per heavy atom. The van der Waals surface area contributed by atoms with E-state index in [1.54, 1.807) is 0 Å². The molecule has 1 aromatic carbocycles. The van der Waals surface area contributed by atoms with Crippen molar-refractivity contribution in [3.8, 4) is 0 Å². The summed E-state index contributed by atoms with van der Waals surface area (Å²) in [5, 5.41) is 0. The third kappa shape index (κ3) is 1.97. The van der Waals surface area contributed by atoms with Crippen molar-refractivity contribution in [1.82, 2.24) is 0 Å². The van der Waals surface area contributed by atoms with Gasteiger partial charge in [0.25, 0.3) is 5.91 Å². The smallest absolute Gasteiger partial charge is 0.259 e. The zero-order valence-electron chi connectivity index (χ0n) is 8.81. The molecule has 0 spiro atoms. The molecule has 0 unspecified atom stereocenters. The van der Waals surface area contributed by atoms with Gasteiger partial charge in [0, 0.05) is 6.42 Å². The van der Waals surface area contributed by atoms with E-state index in [1.807, 2.05) is 30.3 Å². The number of benzene rings is 1. The van der Waals surface area contributed by atoms with Crippen LogP contribution in [-0.4, -0.2) is 23.9 Å². The molecular formula is C12H13NO3. The normalized spacial score (nSPS) is 22.8. The number of ketones is 1. The highest BCUT2D eigenvalue weighted by molar-refractivity contribution is 6.11. The monoisotopic (exact) mass is 219 g/mol. The summed E-state index contributed by atoms with van der Waals surface area (Å²) in [6.45, 7) is 0.135. The third-order valence-corrected chi connectivity index (χ3v) is 2.77. The summed E-state index contributed by atoms with van der Waals surface area (Å²) >= 11 is 0. The molecule has 1 fully saturated rings. The van der Waals surface area contributed by atoms with E-state index in [0.29, 0.717) is 6.42 Å². The molecule has 0 bridgehead atoms. The van der Waals surface area contributed by atoms with Crippen LogP contribution in [0, 0.1) is 0 Å². The van der Waals surface area contributed by atoms with Gasteiger partial charge in [-0.3, -0.25) is 9.59 Å². The van der Waals surface area contributed by atoms with Crippen molar-refractivity contribution in [2.24, 2.45) is 5.73 Å². The van der Waals surface area contributed by atoms with Gasteiger partial charge in [0.15, 0.2) is 5.78 Å². The van der Waals surface area contributed by atoms with E-state index in [4.69, 9.17) is 10.5 Å². The molecule has 16 heavy (non-hydrogen) atoms. The number of rotatable bonds is 5. The molecule has 2 N–H and O–H groups in total. The van der Waals surface area contributed by atoms with Crippen molar-refractivity contribution < 1.29 is 14.3 Å². The lowest BCUT2D eigenvalue weighted by Crippen LogP contribution is -2.39. The SMILES string of the molecule is NC(=O)[C@]1(C(=O)CCc2ccccc2)CO1. The van der Waals surface area contributed by atoms with E-state index in [0.717, 1.165) is 5.56 Å². The Bertz CT molecular complexity index is 410. The number of amides is 1. The number of aryl methyl sites for hydroxylation is 1.